The maximum atomic E-state index is 12.4. The number of halogens is 4. The van der Waals surface area contributed by atoms with E-state index >= 15 is 0 Å². The highest BCUT2D eigenvalue weighted by Gasteiger charge is 2.27. The fourth-order valence-electron chi connectivity index (χ4n) is 2.19. The Morgan fingerprint density at radius 3 is 2.54 bits per heavy atom. The van der Waals surface area contributed by atoms with Gasteiger partial charge in [-0.05, 0) is 24.3 Å². The molecule has 2 heterocycles. The van der Waals surface area contributed by atoms with Crippen molar-refractivity contribution in [1.82, 2.24) is 19.5 Å². The number of hydrogen-bond acceptors (Lipinski definition) is 6. The van der Waals surface area contributed by atoms with E-state index in [0.29, 0.717) is 11.4 Å². The van der Waals surface area contributed by atoms with Crippen molar-refractivity contribution < 1.29 is 17.9 Å². The maximum absolute atomic E-state index is 12.4. The normalized spacial score (nSPS) is 11.6. The molecule has 0 fully saturated rings. The van der Waals surface area contributed by atoms with Crippen LogP contribution in [-0.2, 0) is 0 Å². The van der Waals surface area contributed by atoms with Crippen molar-refractivity contribution in [1.29, 1.82) is 0 Å². The lowest BCUT2D eigenvalue weighted by molar-refractivity contribution is -0.115. The Bertz CT molecular complexity index is 1010. The zero-order chi connectivity index (χ0) is 18.9. The van der Waals surface area contributed by atoms with E-state index in [-0.39, 0.29) is 22.3 Å². The molecule has 0 amide bonds. The highest BCUT2D eigenvalue weighted by molar-refractivity contribution is 6.29. The largest absolute Gasteiger partial charge is 0.497 e. The van der Waals surface area contributed by atoms with Gasteiger partial charge in [-0.3, -0.25) is 9.36 Å². The molecular formula is C15H11ClF3N5O2. The van der Waals surface area contributed by atoms with Crippen molar-refractivity contribution in [3.05, 3.63) is 46.0 Å². The van der Waals surface area contributed by atoms with Crippen LogP contribution in [0.25, 0.3) is 16.9 Å². The van der Waals surface area contributed by atoms with Crippen LogP contribution in [-0.4, -0.2) is 39.3 Å². The first kappa shape index (κ1) is 17.9. The van der Waals surface area contributed by atoms with Gasteiger partial charge in [-0.2, -0.15) is 18.2 Å². The van der Waals surface area contributed by atoms with Gasteiger partial charge in [-0.25, -0.2) is 9.97 Å². The molecule has 0 saturated heterocycles. The summed E-state index contributed by atoms with van der Waals surface area (Å²) in [6.07, 6.45) is -3.25. The van der Waals surface area contributed by atoms with Gasteiger partial charge < -0.3 is 10.1 Å². The number of fused-ring (bicyclic) bond motifs is 1. The van der Waals surface area contributed by atoms with Crippen LogP contribution in [0, 0.1) is 0 Å². The predicted octanol–water partition coefficient (Wildman–Crippen LogP) is 2.81. The van der Waals surface area contributed by atoms with Gasteiger partial charge in [0.15, 0.2) is 10.8 Å². The molecule has 0 unspecified atom stereocenters. The molecule has 0 spiro atoms. The average molecular weight is 386 g/mol. The summed E-state index contributed by atoms with van der Waals surface area (Å²) in [5.74, 6) is 0.272. The number of benzene rings is 1. The number of nitrogens with zero attached hydrogens (tertiary/aromatic N) is 4. The molecular weight excluding hydrogens is 375 g/mol. The highest BCUT2D eigenvalue weighted by atomic mass is 35.5. The second-order valence-corrected chi connectivity index (χ2v) is 5.47. The van der Waals surface area contributed by atoms with E-state index in [4.69, 9.17) is 16.3 Å². The van der Waals surface area contributed by atoms with Crippen LogP contribution in [0.3, 0.4) is 0 Å². The molecule has 1 aromatic carbocycles. The first-order chi connectivity index (χ1) is 12.3. The van der Waals surface area contributed by atoms with E-state index in [1.54, 1.807) is 24.3 Å². The lowest BCUT2D eigenvalue weighted by Crippen LogP contribution is -2.24. The van der Waals surface area contributed by atoms with Gasteiger partial charge in [0, 0.05) is 0 Å². The molecule has 0 atom stereocenters. The molecule has 0 aliphatic carbocycles. The van der Waals surface area contributed by atoms with E-state index in [1.807, 2.05) is 0 Å². The van der Waals surface area contributed by atoms with E-state index in [2.05, 4.69) is 20.3 Å². The monoisotopic (exact) mass is 385 g/mol. The van der Waals surface area contributed by atoms with E-state index in [0.717, 1.165) is 4.57 Å². The third kappa shape index (κ3) is 3.69. The standard InChI is InChI=1S/C15H11ClF3N5O2/c1-26-9-4-2-8(3-5-9)24-12-10(22-11(16)13(24)25)6-20-14(23-12)21-7-15(17,18)19/h2-6H,7H2,1H3,(H,20,21,23). The lowest BCUT2D eigenvalue weighted by atomic mass is 10.3. The van der Waals surface area contributed by atoms with Crippen molar-refractivity contribution in [3.8, 4) is 11.4 Å². The van der Waals surface area contributed by atoms with Crippen molar-refractivity contribution in [2.24, 2.45) is 0 Å². The van der Waals surface area contributed by atoms with Crippen LogP contribution in [0.5, 0.6) is 5.75 Å². The summed E-state index contributed by atoms with van der Waals surface area (Å²) in [6, 6.07) is 6.40. The summed E-state index contributed by atoms with van der Waals surface area (Å²) in [6.45, 7) is -1.31. The van der Waals surface area contributed by atoms with Gasteiger partial charge in [0.2, 0.25) is 5.95 Å². The number of aromatic nitrogens is 4. The fraction of sp³-hybridized carbons (Fsp3) is 0.200. The summed E-state index contributed by atoms with van der Waals surface area (Å²) in [7, 11) is 1.49. The third-order valence-corrected chi connectivity index (χ3v) is 3.58. The van der Waals surface area contributed by atoms with Crippen LogP contribution < -0.4 is 15.6 Å². The van der Waals surface area contributed by atoms with Crippen LogP contribution in [0.2, 0.25) is 5.15 Å². The zero-order valence-electron chi connectivity index (χ0n) is 13.2. The number of methoxy groups -OCH3 is 1. The quantitative estimate of drug-likeness (QED) is 0.743. The topological polar surface area (TPSA) is 81.9 Å². The number of nitrogens with one attached hydrogen (secondary N) is 1. The molecule has 3 aromatic rings. The summed E-state index contributed by atoms with van der Waals surface area (Å²) >= 11 is 5.87. The zero-order valence-corrected chi connectivity index (χ0v) is 14.0. The summed E-state index contributed by atoms with van der Waals surface area (Å²) in [4.78, 5) is 24.1. The summed E-state index contributed by atoms with van der Waals surface area (Å²) in [5.41, 5.74) is -0.0948. The fourth-order valence-corrected chi connectivity index (χ4v) is 2.36. The molecule has 0 bridgehead atoms. The number of ether oxygens (including phenoxy) is 1. The second-order valence-electron chi connectivity index (χ2n) is 5.11. The molecule has 0 saturated carbocycles. The molecule has 2 aromatic heterocycles. The van der Waals surface area contributed by atoms with Gasteiger partial charge >= 0.3 is 6.18 Å². The van der Waals surface area contributed by atoms with E-state index in [1.165, 1.54) is 13.3 Å². The smallest absolute Gasteiger partial charge is 0.405 e. The van der Waals surface area contributed by atoms with Crippen molar-refractivity contribution in [3.63, 3.8) is 0 Å². The highest BCUT2D eigenvalue weighted by Crippen LogP contribution is 2.20. The Kier molecular flexibility index (Phi) is 4.68. The Morgan fingerprint density at radius 2 is 1.92 bits per heavy atom. The number of hydrogen-bond donors (Lipinski definition) is 1. The molecule has 7 nitrogen and oxygen atoms in total. The molecule has 3 rings (SSSR count). The van der Waals surface area contributed by atoms with Crippen LogP contribution in [0.1, 0.15) is 0 Å². The van der Waals surface area contributed by atoms with Gasteiger partial charge in [0.25, 0.3) is 5.56 Å². The molecule has 136 valence electrons. The Morgan fingerprint density at radius 1 is 1.23 bits per heavy atom. The Hall–Kier alpha value is -2.88. The molecule has 26 heavy (non-hydrogen) atoms. The minimum absolute atomic E-state index is 0.0178. The van der Waals surface area contributed by atoms with Gasteiger partial charge in [0.05, 0.1) is 19.0 Å². The molecule has 0 aliphatic heterocycles. The number of alkyl halides is 3. The number of anilines is 1. The minimum Gasteiger partial charge on any atom is -0.497 e. The summed E-state index contributed by atoms with van der Waals surface area (Å²) in [5, 5.41) is 1.75. The average Bonchev–Trinajstić information content (AvgIpc) is 2.61. The summed E-state index contributed by atoms with van der Waals surface area (Å²) < 4.78 is 43.3. The van der Waals surface area contributed by atoms with Crippen LogP contribution >= 0.6 is 11.6 Å². The van der Waals surface area contributed by atoms with Crippen molar-refractivity contribution in [2.75, 3.05) is 19.0 Å². The van der Waals surface area contributed by atoms with E-state index < -0.39 is 18.3 Å². The van der Waals surface area contributed by atoms with Crippen LogP contribution in [0.15, 0.2) is 35.3 Å². The molecule has 0 radical (unpaired) electrons. The first-order valence-electron chi connectivity index (χ1n) is 7.19. The van der Waals surface area contributed by atoms with Gasteiger partial charge in [0.1, 0.15) is 17.8 Å². The minimum atomic E-state index is -4.44. The third-order valence-electron chi connectivity index (χ3n) is 3.34. The van der Waals surface area contributed by atoms with Gasteiger partial charge in [-0.1, -0.05) is 11.6 Å². The van der Waals surface area contributed by atoms with Crippen molar-refractivity contribution >= 4 is 28.7 Å². The lowest BCUT2D eigenvalue weighted by Gasteiger charge is -2.12. The molecule has 1 N–H and O–H groups in total. The predicted molar refractivity (Wildman–Crippen MR) is 89.0 cm³/mol. The number of rotatable bonds is 4. The molecule has 0 aliphatic rings. The van der Waals surface area contributed by atoms with Gasteiger partial charge in [-0.15, -0.1) is 0 Å². The maximum Gasteiger partial charge on any atom is 0.405 e. The van der Waals surface area contributed by atoms with E-state index in [9.17, 15) is 18.0 Å². The molecule has 11 heteroatoms. The Labute approximate surface area is 149 Å². The van der Waals surface area contributed by atoms with Crippen molar-refractivity contribution in [2.45, 2.75) is 6.18 Å². The SMILES string of the molecule is COc1ccc(-n2c(=O)c(Cl)nc3cnc(NCC(F)(F)F)nc32)cc1. The first-order valence-corrected chi connectivity index (χ1v) is 7.56. The second kappa shape index (κ2) is 6.79. The van der Waals surface area contributed by atoms with Crippen LogP contribution in [0.4, 0.5) is 19.1 Å². The Balaban J connectivity index is 2.15.